The van der Waals surface area contributed by atoms with Gasteiger partial charge in [-0.1, -0.05) is 6.92 Å². The van der Waals surface area contributed by atoms with Crippen molar-refractivity contribution in [3.63, 3.8) is 0 Å². The van der Waals surface area contributed by atoms with Crippen LogP contribution in [0.1, 0.15) is 24.6 Å². The number of rotatable bonds is 6. The van der Waals surface area contributed by atoms with Crippen molar-refractivity contribution in [2.75, 3.05) is 25.0 Å². The van der Waals surface area contributed by atoms with Gasteiger partial charge in [0.15, 0.2) is 0 Å². The van der Waals surface area contributed by atoms with Gasteiger partial charge in [0.2, 0.25) is 0 Å². The molecule has 0 amide bonds. The SMILES string of the molecule is CCNCc1c(C)nn(C)c1N(C)CCC(F)(F)F. The first-order valence-corrected chi connectivity index (χ1v) is 6.27. The number of anilines is 1. The van der Waals surface area contributed by atoms with E-state index in [9.17, 15) is 13.2 Å². The van der Waals surface area contributed by atoms with E-state index in [1.54, 1.807) is 23.7 Å². The summed E-state index contributed by atoms with van der Waals surface area (Å²) in [4.78, 5) is 1.61. The zero-order valence-corrected chi connectivity index (χ0v) is 11.8. The lowest BCUT2D eigenvalue weighted by atomic mass is 10.2. The molecule has 1 N–H and O–H groups in total. The molecule has 0 aliphatic heterocycles. The molecule has 0 saturated heterocycles. The predicted octanol–water partition coefficient (Wildman–Crippen LogP) is 2.23. The van der Waals surface area contributed by atoms with Gasteiger partial charge in [-0.15, -0.1) is 0 Å². The Morgan fingerprint density at radius 1 is 1.37 bits per heavy atom. The van der Waals surface area contributed by atoms with Crippen LogP contribution >= 0.6 is 0 Å². The van der Waals surface area contributed by atoms with E-state index < -0.39 is 12.6 Å². The monoisotopic (exact) mass is 278 g/mol. The number of aromatic nitrogens is 2. The molecule has 1 aromatic heterocycles. The summed E-state index contributed by atoms with van der Waals surface area (Å²) in [5.41, 5.74) is 1.80. The van der Waals surface area contributed by atoms with Crippen LogP contribution in [-0.4, -0.2) is 36.1 Å². The molecule has 0 saturated carbocycles. The van der Waals surface area contributed by atoms with Gasteiger partial charge in [0, 0.05) is 32.7 Å². The van der Waals surface area contributed by atoms with Gasteiger partial charge in [-0.05, 0) is 13.5 Å². The molecule has 0 fully saturated rings. The lowest BCUT2D eigenvalue weighted by Crippen LogP contribution is -2.27. The number of nitrogens with zero attached hydrogens (tertiary/aromatic N) is 3. The Bertz CT molecular complexity index is 412. The van der Waals surface area contributed by atoms with Crippen LogP contribution in [0.4, 0.5) is 19.0 Å². The number of hydrogen-bond acceptors (Lipinski definition) is 3. The fraction of sp³-hybridized carbons (Fsp3) is 0.750. The third-order valence-electron chi connectivity index (χ3n) is 2.96. The van der Waals surface area contributed by atoms with Crippen LogP contribution in [0.5, 0.6) is 0 Å². The molecule has 4 nitrogen and oxygen atoms in total. The first-order valence-electron chi connectivity index (χ1n) is 6.27. The van der Waals surface area contributed by atoms with Crippen LogP contribution in [0.2, 0.25) is 0 Å². The Morgan fingerprint density at radius 2 is 2.00 bits per heavy atom. The highest BCUT2D eigenvalue weighted by molar-refractivity contribution is 5.49. The van der Waals surface area contributed by atoms with Crippen molar-refractivity contribution in [2.45, 2.75) is 33.0 Å². The highest BCUT2D eigenvalue weighted by Crippen LogP contribution is 2.25. The molecular formula is C12H21F3N4. The van der Waals surface area contributed by atoms with E-state index in [4.69, 9.17) is 0 Å². The highest BCUT2D eigenvalue weighted by Gasteiger charge is 2.28. The minimum absolute atomic E-state index is 0.0679. The van der Waals surface area contributed by atoms with Gasteiger partial charge < -0.3 is 10.2 Å². The molecule has 1 rings (SSSR count). The summed E-state index contributed by atoms with van der Waals surface area (Å²) in [6.07, 6.45) is -4.96. The lowest BCUT2D eigenvalue weighted by molar-refractivity contribution is -0.132. The third kappa shape index (κ3) is 4.41. The fourth-order valence-corrected chi connectivity index (χ4v) is 2.02. The number of alkyl halides is 3. The van der Waals surface area contributed by atoms with Gasteiger partial charge in [-0.2, -0.15) is 18.3 Å². The van der Waals surface area contributed by atoms with Crippen LogP contribution in [0.3, 0.4) is 0 Å². The largest absolute Gasteiger partial charge is 0.390 e. The first-order chi connectivity index (χ1) is 8.76. The molecule has 7 heteroatoms. The van der Waals surface area contributed by atoms with Crippen molar-refractivity contribution < 1.29 is 13.2 Å². The Morgan fingerprint density at radius 3 is 2.53 bits per heavy atom. The predicted molar refractivity (Wildman–Crippen MR) is 69.3 cm³/mol. The standard InChI is InChI=1S/C12H21F3N4/c1-5-16-8-10-9(2)17-19(4)11(10)18(3)7-6-12(13,14)15/h16H,5-8H2,1-4H3. The number of aryl methyl sites for hydroxylation is 2. The Kier molecular flexibility index (Phi) is 5.22. The zero-order chi connectivity index (χ0) is 14.6. The van der Waals surface area contributed by atoms with Crippen molar-refractivity contribution in [1.29, 1.82) is 0 Å². The normalized spacial score (nSPS) is 11.9. The molecule has 1 aromatic rings. The van der Waals surface area contributed by atoms with E-state index in [0.717, 1.165) is 23.6 Å². The van der Waals surface area contributed by atoms with Crippen LogP contribution in [-0.2, 0) is 13.6 Å². The van der Waals surface area contributed by atoms with Gasteiger partial charge in [0.1, 0.15) is 5.82 Å². The second-order valence-electron chi connectivity index (χ2n) is 4.58. The maximum absolute atomic E-state index is 12.3. The molecular weight excluding hydrogens is 257 g/mol. The Labute approximate surface area is 111 Å². The Hall–Kier alpha value is -1.24. The quantitative estimate of drug-likeness (QED) is 0.866. The summed E-state index contributed by atoms with van der Waals surface area (Å²) < 4.78 is 38.5. The maximum atomic E-state index is 12.3. The number of halogens is 3. The summed E-state index contributed by atoms with van der Waals surface area (Å²) in [7, 11) is 3.42. The molecule has 1 heterocycles. The van der Waals surface area contributed by atoms with Crippen molar-refractivity contribution in [3.05, 3.63) is 11.3 Å². The molecule has 0 atom stereocenters. The lowest BCUT2D eigenvalue weighted by Gasteiger charge is -2.22. The maximum Gasteiger partial charge on any atom is 0.390 e. The number of hydrogen-bond donors (Lipinski definition) is 1. The van der Waals surface area contributed by atoms with E-state index in [0.29, 0.717) is 6.54 Å². The molecule has 0 aromatic carbocycles. The smallest absolute Gasteiger partial charge is 0.359 e. The molecule has 0 radical (unpaired) electrons. The molecule has 0 spiro atoms. The number of nitrogens with one attached hydrogen (secondary N) is 1. The van der Waals surface area contributed by atoms with E-state index in [1.165, 1.54) is 0 Å². The van der Waals surface area contributed by atoms with Crippen LogP contribution < -0.4 is 10.2 Å². The second kappa shape index (κ2) is 6.27. The summed E-state index contributed by atoms with van der Waals surface area (Å²) in [6, 6.07) is 0. The molecule has 110 valence electrons. The summed E-state index contributed by atoms with van der Waals surface area (Å²) in [6.45, 7) is 5.20. The van der Waals surface area contributed by atoms with Crippen LogP contribution in [0, 0.1) is 6.92 Å². The average Bonchev–Trinajstić information content (AvgIpc) is 2.57. The average molecular weight is 278 g/mol. The van der Waals surface area contributed by atoms with Crippen molar-refractivity contribution in [1.82, 2.24) is 15.1 Å². The Balaban J connectivity index is 2.85. The topological polar surface area (TPSA) is 33.1 Å². The third-order valence-corrected chi connectivity index (χ3v) is 2.96. The molecule has 0 aliphatic rings. The summed E-state index contributed by atoms with van der Waals surface area (Å²) >= 11 is 0. The second-order valence-corrected chi connectivity index (χ2v) is 4.58. The summed E-state index contributed by atoms with van der Waals surface area (Å²) in [5.74, 6) is 0.739. The highest BCUT2D eigenvalue weighted by atomic mass is 19.4. The van der Waals surface area contributed by atoms with Gasteiger partial charge in [-0.25, -0.2) is 0 Å². The summed E-state index contributed by atoms with van der Waals surface area (Å²) in [5, 5.41) is 7.47. The van der Waals surface area contributed by atoms with E-state index in [1.807, 2.05) is 13.8 Å². The van der Waals surface area contributed by atoms with Gasteiger partial charge in [0.25, 0.3) is 0 Å². The van der Waals surface area contributed by atoms with E-state index in [-0.39, 0.29) is 6.54 Å². The zero-order valence-electron chi connectivity index (χ0n) is 11.8. The molecule has 0 unspecified atom stereocenters. The van der Waals surface area contributed by atoms with Gasteiger partial charge in [0.05, 0.1) is 12.1 Å². The van der Waals surface area contributed by atoms with Crippen molar-refractivity contribution in [3.8, 4) is 0 Å². The van der Waals surface area contributed by atoms with Crippen molar-refractivity contribution in [2.24, 2.45) is 7.05 Å². The van der Waals surface area contributed by atoms with Gasteiger partial charge in [-0.3, -0.25) is 4.68 Å². The van der Waals surface area contributed by atoms with Crippen molar-refractivity contribution >= 4 is 5.82 Å². The minimum Gasteiger partial charge on any atom is -0.359 e. The van der Waals surface area contributed by atoms with E-state index >= 15 is 0 Å². The van der Waals surface area contributed by atoms with Crippen LogP contribution in [0.25, 0.3) is 0 Å². The minimum atomic E-state index is -4.14. The molecule has 0 aliphatic carbocycles. The first kappa shape index (κ1) is 15.8. The van der Waals surface area contributed by atoms with Gasteiger partial charge >= 0.3 is 6.18 Å². The van der Waals surface area contributed by atoms with E-state index in [2.05, 4.69) is 10.4 Å². The fourth-order valence-electron chi connectivity index (χ4n) is 2.02. The van der Waals surface area contributed by atoms with Crippen LogP contribution in [0.15, 0.2) is 0 Å². The molecule has 19 heavy (non-hydrogen) atoms. The molecule has 0 bridgehead atoms.